The van der Waals surface area contributed by atoms with E-state index in [1.54, 1.807) is 11.6 Å². The molecule has 1 aromatic carbocycles. The first kappa shape index (κ1) is 13.3. The highest BCUT2D eigenvalue weighted by molar-refractivity contribution is 5.71. The highest BCUT2D eigenvalue weighted by atomic mass is 16.5. The van der Waals surface area contributed by atoms with Crippen molar-refractivity contribution >= 4 is 5.97 Å². The van der Waals surface area contributed by atoms with Crippen LogP contribution in [-0.2, 0) is 22.5 Å². The Balaban J connectivity index is 2.25. The number of rotatable bonds is 5. The van der Waals surface area contributed by atoms with Gasteiger partial charge in [0.25, 0.3) is 0 Å². The lowest BCUT2D eigenvalue weighted by Gasteiger charge is -2.02. The summed E-state index contributed by atoms with van der Waals surface area (Å²) in [6.45, 7) is 4.81. The zero-order chi connectivity index (χ0) is 13.7. The van der Waals surface area contributed by atoms with Gasteiger partial charge in [0, 0.05) is 12.1 Å². The SMILES string of the molecule is CCOC(=O)Cc1nc(-c2ccccc2)nn1CC. The molecule has 5 nitrogen and oxygen atoms in total. The van der Waals surface area contributed by atoms with Gasteiger partial charge >= 0.3 is 5.97 Å². The van der Waals surface area contributed by atoms with Gasteiger partial charge in [0.15, 0.2) is 5.82 Å². The quantitative estimate of drug-likeness (QED) is 0.771. The van der Waals surface area contributed by atoms with Gasteiger partial charge in [-0.15, -0.1) is 0 Å². The molecule has 2 aromatic rings. The van der Waals surface area contributed by atoms with E-state index in [4.69, 9.17) is 4.74 Å². The average Bonchev–Trinajstić information content (AvgIpc) is 2.83. The molecule has 0 N–H and O–H groups in total. The molecule has 2 rings (SSSR count). The van der Waals surface area contributed by atoms with E-state index in [0.717, 1.165) is 5.56 Å². The Kier molecular flexibility index (Phi) is 4.28. The lowest BCUT2D eigenvalue weighted by atomic mass is 10.2. The fraction of sp³-hybridized carbons (Fsp3) is 0.357. The highest BCUT2D eigenvalue weighted by Crippen LogP contribution is 2.15. The first-order valence-electron chi connectivity index (χ1n) is 6.39. The van der Waals surface area contributed by atoms with E-state index >= 15 is 0 Å². The van der Waals surface area contributed by atoms with E-state index in [9.17, 15) is 4.79 Å². The topological polar surface area (TPSA) is 57.0 Å². The highest BCUT2D eigenvalue weighted by Gasteiger charge is 2.14. The molecule has 0 radical (unpaired) electrons. The maximum Gasteiger partial charge on any atom is 0.313 e. The normalized spacial score (nSPS) is 10.4. The van der Waals surface area contributed by atoms with Gasteiger partial charge in [-0.25, -0.2) is 9.67 Å². The van der Waals surface area contributed by atoms with Gasteiger partial charge in [0.05, 0.1) is 6.61 Å². The molecule has 0 aliphatic heterocycles. The van der Waals surface area contributed by atoms with Crippen molar-refractivity contribution < 1.29 is 9.53 Å². The Hall–Kier alpha value is -2.17. The van der Waals surface area contributed by atoms with Gasteiger partial charge in [-0.3, -0.25) is 4.79 Å². The molecular formula is C14H17N3O2. The average molecular weight is 259 g/mol. The van der Waals surface area contributed by atoms with Crippen molar-refractivity contribution in [1.29, 1.82) is 0 Å². The summed E-state index contributed by atoms with van der Waals surface area (Å²) in [5.74, 6) is 1.01. The number of hydrogen-bond donors (Lipinski definition) is 0. The van der Waals surface area contributed by atoms with Crippen LogP contribution >= 0.6 is 0 Å². The van der Waals surface area contributed by atoms with E-state index in [-0.39, 0.29) is 12.4 Å². The number of hydrogen-bond acceptors (Lipinski definition) is 4. The van der Waals surface area contributed by atoms with Crippen molar-refractivity contribution in [3.8, 4) is 11.4 Å². The van der Waals surface area contributed by atoms with Gasteiger partial charge in [-0.2, -0.15) is 5.10 Å². The van der Waals surface area contributed by atoms with E-state index < -0.39 is 0 Å². The van der Waals surface area contributed by atoms with Crippen molar-refractivity contribution in [2.45, 2.75) is 26.8 Å². The Morgan fingerprint density at radius 1 is 1.26 bits per heavy atom. The van der Waals surface area contributed by atoms with E-state index in [2.05, 4.69) is 10.1 Å². The summed E-state index contributed by atoms with van der Waals surface area (Å²) in [5.41, 5.74) is 0.944. The molecule has 0 aliphatic carbocycles. The molecule has 0 amide bonds. The number of ether oxygens (including phenoxy) is 1. The fourth-order valence-corrected chi connectivity index (χ4v) is 1.81. The maximum absolute atomic E-state index is 11.5. The standard InChI is InChI=1S/C14H17N3O2/c1-3-17-12(10-13(18)19-4-2)15-14(16-17)11-8-6-5-7-9-11/h5-9H,3-4,10H2,1-2H3. The zero-order valence-corrected chi connectivity index (χ0v) is 11.2. The molecule has 0 aliphatic rings. The molecular weight excluding hydrogens is 242 g/mol. The number of nitrogens with zero attached hydrogens (tertiary/aromatic N) is 3. The van der Waals surface area contributed by atoms with Crippen LogP contribution in [0.15, 0.2) is 30.3 Å². The van der Waals surface area contributed by atoms with Crippen LogP contribution in [0.1, 0.15) is 19.7 Å². The summed E-state index contributed by atoms with van der Waals surface area (Å²) in [4.78, 5) is 15.9. The monoisotopic (exact) mass is 259 g/mol. The number of carbonyl (C=O) groups excluding carboxylic acids is 1. The van der Waals surface area contributed by atoms with Gasteiger partial charge < -0.3 is 4.74 Å². The van der Waals surface area contributed by atoms with Crippen LogP contribution in [0, 0.1) is 0 Å². The van der Waals surface area contributed by atoms with Gasteiger partial charge in [0.1, 0.15) is 12.2 Å². The molecule has 0 spiro atoms. The van der Waals surface area contributed by atoms with Crippen LogP contribution in [0.2, 0.25) is 0 Å². The zero-order valence-electron chi connectivity index (χ0n) is 11.2. The summed E-state index contributed by atoms with van der Waals surface area (Å²) in [5, 5.41) is 4.41. The predicted molar refractivity (Wildman–Crippen MR) is 71.5 cm³/mol. The van der Waals surface area contributed by atoms with Crippen LogP contribution in [0.5, 0.6) is 0 Å². The predicted octanol–water partition coefficient (Wildman–Crippen LogP) is 2.07. The molecule has 0 unspecified atom stereocenters. The minimum Gasteiger partial charge on any atom is -0.466 e. The number of benzene rings is 1. The smallest absolute Gasteiger partial charge is 0.313 e. The minimum absolute atomic E-state index is 0.154. The maximum atomic E-state index is 11.5. The molecule has 5 heteroatoms. The number of aryl methyl sites for hydroxylation is 1. The molecule has 0 bridgehead atoms. The second kappa shape index (κ2) is 6.13. The molecule has 0 saturated heterocycles. The number of esters is 1. The Morgan fingerprint density at radius 3 is 2.63 bits per heavy atom. The summed E-state index contributed by atoms with van der Waals surface area (Å²) >= 11 is 0. The first-order chi connectivity index (χ1) is 9.24. The molecule has 0 atom stereocenters. The molecule has 100 valence electrons. The largest absolute Gasteiger partial charge is 0.466 e. The molecule has 1 heterocycles. The second-order valence-electron chi connectivity index (χ2n) is 4.02. The molecule has 0 fully saturated rings. The summed E-state index contributed by atoms with van der Waals surface area (Å²) in [6, 6.07) is 9.72. The summed E-state index contributed by atoms with van der Waals surface area (Å²) in [7, 11) is 0. The van der Waals surface area contributed by atoms with Gasteiger partial charge in [-0.1, -0.05) is 30.3 Å². The van der Waals surface area contributed by atoms with Crippen molar-refractivity contribution in [2.75, 3.05) is 6.61 Å². The van der Waals surface area contributed by atoms with Crippen LogP contribution in [0.3, 0.4) is 0 Å². The Labute approximate surface area is 112 Å². The van der Waals surface area contributed by atoms with Gasteiger partial charge in [0.2, 0.25) is 0 Å². The van der Waals surface area contributed by atoms with Crippen LogP contribution in [-0.4, -0.2) is 27.3 Å². The molecule has 1 aromatic heterocycles. The number of aromatic nitrogens is 3. The van der Waals surface area contributed by atoms with Crippen molar-refractivity contribution in [1.82, 2.24) is 14.8 Å². The van der Waals surface area contributed by atoms with Crippen LogP contribution in [0.25, 0.3) is 11.4 Å². The van der Waals surface area contributed by atoms with E-state index in [1.807, 2.05) is 37.3 Å². The second-order valence-corrected chi connectivity index (χ2v) is 4.02. The molecule has 19 heavy (non-hydrogen) atoms. The van der Waals surface area contributed by atoms with Crippen molar-refractivity contribution in [3.63, 3.8) is 0 Å². The Bertz CT molecular complexity index is 549. The summed E-state index contributed by atoms with van der Waals surface area (Å²) in [6.07, 6.45) is 0.154. The first-order valence-corrected chi connectivity index (χ1v) is 6.39. The third kappa shape index (κ3) is 3.19. The lowest BCUT2D eigenvalue weighted by Crippen LogP contribution is -2.12. The van der Waals surface area contributed by atoms with Crippen LogP contribution in [0.4, 0.5) is 0 Å². The lowest BCUT2D eigenvalue weighted by molar-refractivity contribution is -0.142. The van der Waals surface area contributed by atoms with Crippen molar-refractivity contribution in [2.24, 2.45) is 0 Å². The third-order valence-corrected chi connectivity index (χ3v) is 2.69. The fourth-order valence-electron chi connectivity index (χ4n) is 1.81. The van der Waals surface area contributed by atoms with Crippen molar-refractivity contribution in [3.05, 3.63) is 36.2 Å². The Morgan fingerprint density at radius 2 is 2.00 bits per heavy atom. The minimum atomic E-state index is -0.274. The van der Waals surface area contributed by atoms with E-state index in [1.165, 1.54) is 0 Å². The number of carbonyl (C=O) groups is 1. The summed E-state index contributed by atoms with van der Waals surface area (Å²) < 4.78 is 6.68. The van der Waals surface area contributed by atoms with Gasteiger partial charge in [-0.05, 0) is 13.8 Å². The third-order valence-electron chi connectivity index (χ3n) is 2.69. The van der Waals surface area contributed by atoms with E-state index in [0.29, 0.717) is 24.8 Å². The van der Waals surface area contributed by atoms with Crippen LogP contribution < -0.4 is 0 Å². The molecule has 0 saturated carbocycles.